The van der Waals surface area contributed by atoms with Crippen molar-refractivity contribution in [3.63, 3.8) is 0 Å². The SMILES string of the molecule is O=c1cc(CS(=O)(=O)c2nc3ccccc3[nH]2)nc2ccccn12. The van der Waals surface area contributed by atoms with Gasteiger partial charge in [0.05, 0.1) is 16.7 Å². The molecule has 0 atom stereocenters. The van der Waals surface area contributed by atoms with Crippen molar-refractivity contribution in [2.24, 2.45) is 0 Å². The number of hydrogen-bond acceptors (Lipinski definition) is 5. The minimum absolute atomic E-state index is 0.126. The minimum Gasteiger partial charge on any atom is -0.329 e. The van der Waals surface area contributed by atoms with E-state index in [-0.39, 0.29) is 16.4 Å². The van der Waals surface area contributed by atoms with E-state index >= 15 is 0 Å². The fourth-order valence-electron chi connectivity index (χ4n) is 2.52. The van der Waals surface area contributed by atoms with Gasteiger partial charge in [-0.3, -0.25) is 9.20 Å². The van der Waals surface area contributed by atoms with Crippen molar-refractivity contribution in [3.8, 4) is 0 Å². The molecular formula is C16H12N4O3S. The molecule has 8 heteroatoms. The first-order valence-electron chi connectivity index (χ1n) is 7.18. The average Bonchev–Trinajstić information content (AvgIpc) is 2.99. The number of benzene rings is 1. The molecule has 3 heterocycles. The highest BCUT2D eigenvalue weighted by atomic mass is 32.2. The molecule has 4 rings (SSSR count). The van der Waals surface area contributed by atoms with E-state index in [4.69, 9.17) is 0 Å². The van der Waals surface area contributed by atoms with Crippen LogP contribution in [0.3, 0.4) is 0 Å². The molecule has 0 fully saturated rings. The van der Waals surface area contributed by atoms with E-state index in [1.54, 1.807) is 48.7 Å². The number of aromatic amines is 1. The Morgan fingerprint density at radius 3 is 2.67 bits per heavy atom. The van der Waals surface area contributed by atoms with E-state index in [1.165, 1.54) is 10.5 Å². The van der Waals surface area contributed by atoms with Gasteiger partial charge in [-0.05, 0) is 24.3 Å². The molecule has 1 N–H and O–H groups in total. The van der Waals surface area contributed by atoms with E-state index in [9.17, 15) is 13.2 Å². The van der Waals surface area contributed by atoms with Gasteiger partial charge in [0.15, 0.2) is 0 Å². The number of nitrogens with one attached hydrogen (secondary N) is 1. The molecule has 0 aliphatic rings. The molecule has 0 saturated heterocycles. The molecule has 0 bridgehead atoms. The second kappa shape index (κ2) is 5.27. The normalized spacial score (nSPS) is 12.0. The van der Waals surface area contributed by atoms with Crippen LogP contribution in [0.1, 0.15) is 5.69 Å². The third kappa shape index (κ3) is 2.46. The van der Waals surface area contributed by atoms with Gasteiger partial charge in [0.2, 0.25) is 15.0 Å². The highest BCUT2D eigenvalue weighted by Gasteiger charge is 2.21. The van der Waals surface area contributed by atoms with Gasteiger partial charge in [-0.15, -0.1) is 0 Å². The maximum Gasteiger partial charge on any atom is 0.258 e. The molecule has 7 nitrogen and oxygen atoms in total. The maximum atomic E-state index is 12.6. The third-order valence-corrected chi connectivity index (χ3v) is 5.08. The van der Waals surface area contributed by atoms with Gasteiger partial charge in [0.1, 0.15) is 11.4 Å². The van der Waals surface area contributed by atoms with Gasteiger partial charge in [0.25, 0.3) is 5.56 Å². The van der Waals surface area contributed by atoms with Crippen LogP contribution in [0.25, 0.3) is 16.7 Å². The Labute approximate surface area is 136 Å². The quantitative estimate of drug-likeness (QED) is 0.610. The molecule has 3 aromatic heterocycles. The third-order valence-electron chi connectivity index (χ3n) is 3.62. The zero-order valence-electron chi connectivity index (χ0n) is 12.4. The van der Waals surface area contributed by atoms with E-state index in [1.807, 2.05) is 0 Å². The number of fused-ring (bicyclic) bond motifs is 2. The van der Waals surface area contributed by atoms with Crippen LogP contribution in [0, 0.1) is 0 Å². The Hall–Kier alpha value is -3.00. The second-order valence-corrected chi connectivity index (χ2v) is 7.24. The minimum atomic E-state index is -3.74. The van der Waals surface area contributed by atoms with Crippen LogP contribution in [0.2, 0.25) is 0 Å². The summed E-state index contributed by atoms with van der Waals surface area (Å²) in [5.41, 5.74) is 1.48. The molecular weight excluding hydrogens is 328 g/mol. The molecule has 0 amide bonds. The highest BCUT2D eigenvalue weighted by Crippen LogP contribution is 2.17. The lowest BCUT2D eigenvalue weighted by molar-refractivity contribution is 0.588. The molecule has 0 aliphatic heterocycles. The molecule has 1 aromatic carbocycles. The predicted octanol–water partition coefficient (Wildman–Crippen LogP) is 1.54. The molecule has 0 radical (unpaired) electrons. The summed E-state index contributed by atoms with van der Waals surface area (Å²) in [5, 5.41) is -0.126. The molecule has 0 spiro atoms. The highest BCUT2D eigenvalue weighted by molar-refractivity contribution is 7.90. The number of para-hydroxylation sites is 2. The van der Waals surface area contributed by atoms with Crippen molar-refractivity contribution in [3.05, 3.63) is 70.8 Å². The van der Waals surface area contributed by atoms with E-state index in [0.29, 0.717) is 16.7 Å². The predicted molar refractivity (Wildman–Crippen MR) is 88.4 cm³/mol. The Kier molecular flexibility index (Phi) is 3.20. The van der Waals surface area contributed by atoms with Gasteiger partial charge in [-0.2, -0.15) is 0 Å². The van der Waals surface area contributed by atoms with Crippen LogP contribution in [0.4, 0.5) is 0 Å². The molecule has 0 saturated carbocycles. The van der Waals surface area contributed by atoms with E-state index < -0.39 is 15.6 Å². The molecule has 0 aliphatic carbocycles. The lowest BCUT2D eigenvalue weighted by Gasteiger charge is -2.03. The zero-order chi connectivity index (χ0) is 16.7. The number of sulfone groups is 1. The largest absolute Gasteiger partial charge is 0.329 e. The summed E-state index contributed by atoms with van der Waals surface area (Å²) in [6, 6.07) is 13.4. The average molecular weight is 340 g/mol. The first kappa shape index (κ1) is 14.6. The van der Waals surface area contributed by atoms with Gasteiger partial charge < -0.3 is 4.98 Å². The topological polar surface area (TPSA) is 97.2 Å². The number of nitrogens with zero attached hydrogens (tertiary/aromatic N) is 3. The number of pyridine rings is 1. The second-order valence-electron chi connectivity index (χ2n) is 5.33. The summed E-state index contributed by atoms with van der Waals surface area (Å²) in [7, 11) is -3.74. The first-order valence-corrected chi connectivity index (χ1v) is 8.83. The lowest BCUT2D eigenvalue weighted by atomic mass is 10.3. The van der Waals surface area contributed by atoms with Crippen LogP contribution in [0.5, 0.6) is 0 Å². The van der Waals surface area contributed by atoms with Crippen molar-refractivity contribution in [1.29, 1.82) is 0 Å². The van der Waals surface area contributed by atoms with Gasteiger partial charge in [0, 0.05) is 12.3 Å². The number of hydrogen-bond donors (Lipinski definition) is 1. The van der Waals surface area contributed by atoms with Crippen LogP contribution < -0.4 is 5.56 Å². The Morgan fingerprint density at radius 1 is 1.04 bits per heavy atom. The molecule has 4 aromatic rings. The van der Waals surface area contributed by atoms with Crippen LogP contribution in [-0.2, 0) is 15.6 Å². The summed E-state index contributed by atoms with van der Waals surface area (Å²) in [5.74, 6) is -0.395. The summed E-state index contributed by atoms with van der Waals surface area (Å²) >= 11 is 0. The van der Waals surface area contributed by atoms with Crippen LogP contribution >= 0.6 is 0 Å². The monoisotopic (exact) mass is 340 g/mol. The Balaban J connectivity index is 1.77. The standard InChI is InChI=1S/C16H12N4O3S/c21-15-9-11(17-14-7-3-4-8-20(14)15)10-24(22,23)16-18-12-5-1-2-6-13(12)19-16/h1-9H,10H2,(H,18,19). The van der Waals surface area contributed by atoms with Crippen molar-refractivity contribution >= 4 is 26.5 Å². The van der Waals surface area contributed by atoms with Crippen molar-refractivity contribution in [2.75, 3.05) is 0 Å². The number of imidazole rings is 1. The maximum absolute atomic E-state index is 12.6. The fraction of sp³-hybridized carbons (Fsp3) is 0.0625. The summed E-state index contributed by atoms with van der Waals surface area (Å²) in [4.78, 5) is 23.2. The summed E-state index contributed by atoms with van der Waals surface area (Å²) in [6.45, 7) is 0. The van der Waals surface area contributed by atoms with Crippen molar-refractivity contribution in [1.82, 2.24) is 19.4 Å². The van der Waals surface area contributed by atoms with Gasteiger partial charge in [-0.1, -0.05) is 18.2 Å². The number of rotatable bonds is 3. The first-order chi connectivity index (χ1) is 11.5. The lowest BCUT2D eigenvalue weighted by Crippen LogP contribution is -2.17. The Bertz CT molecular complexity index is 1190. The van der Waals surface area contributed by atoms with Crippen molar-refractivity contribution < 1.29 is 8.42 Å². The zero-order valence-corrected chi connectivity index (χ0v) is 13.2. The summed E-state index contributed by atoms with van der Waals surface area (Å²) in [6.07, 6.45) is 1.59. The summed E-state index contributed by atoms with van der Waals surface area (Å²) < 4.78 is 26.5. The molecule has 24 heavy (non-hydrogen) atoms. The van der Waals surface area contributed by atoms with Crippen LogP contribution in [0.15, 0.2) is 64.7 Å². The number of aromatic nitrogens is 4. The fourth-order valence-corrected chi connectivity index (χ4v) is 3.69. The molecule has 120 valence electrons. The van der Waals surface area contributed by atoms with E-state index in [2.05, 4.69) is 15.0 Å². The number of H-pyrrole nitrogens is 1. The van der Waals surface area contributed by atoms with Gasteiger partial charge in [-0.25, -0.2) is 18.4 Å². The van der Waals surface area contributed by atoms with E-state index in [0.717, 1.165) is 0 Å². The molecule has 0 unspecified atom stereocenters. The smallest absolute Gasteiger partial charge is 0.258 e. The Morgan fingerprint density at radius 2 is 1.83 bits per heavy atom. The van der Waals surface area contributed by atoms with Crippen molar-refractivity contribution in [2.45, 2.75) is 10.9 Å². The van der Waals surface area contributed by atoms with Crippen LogP contribution in [-0.4, -0.2) is 27.8 Å². The van der Waals surface area contributed by atoms with Gasteiger partial charge >= 0.3 is 0 Å².